The molecular weight excluding hydrogens is 620 g/mol. The first kappa shape index (κ1) is 32.6. The van der Waals surface area contributed by atoms with Gasteiger partial charge >= 0.3 is 0 Å². The second kappa shape index (κ2) is 13.5. The average molecular weight is 664 g/mol. The van der Waals surface area contributed by atoms with Crippen LogP contribution in [0.1, 0.15) is 71.3 Å². The van der Waals surface area contributed by atoms with Crippen LogP contribution in [0.2, 0.25) is 0 Å². The Morgan fingerprint density at radius 2 is 1.88 bits per heavy atom. The zero-order valence-corrected chi connectivity index (χ0v) is 27.2. The molecule has 0 aromatic heterocycles. The highest BCUT2D eigenvalue weighted by molar-refractivity contribution is 9.11. The topological polar surface area (TPSA) is 131 Å². The summed E-state index contributed by atoms with van der Waals surface area (Å²) < 4.78 is 37.3. The number of hydrogen-bond acceptors (Lipinski definition) is 6. The van der Waals surface area contributed by atoms with E-state index in [0.717, 1.165) is 35.7 Å². The van der Waals surface area contributed by atoms with Crippen LogP contribution in [-0.4, -0.2) is 61.9 Å². The van der Waals surface area contributed by atoms with Gasteiger partial charge in [0.15, 0.2) is 0 Å². The molecule has 1 atom stereocenters. The number of sulfonamides is 1. The van der Waals surface area contributed by atoms with Gasteiger partial charge in [0, 0.05) is 23.1 Å². The van der Waals surface area contributed by atoms with Gasteiger partial charge in [-0.3, -0.25) is 9.59 Å². The van der Waals surface area contributed by atoms with Crippen molar-refractivity contribution in [1.29, 1.82) is 0 Å². The molecule has 0 bridgehead atoms. The third-order valence-electron chi connectivity index (χ3n) is 8.14. The molecule has 2 aliphatic carbocycles. The Hall–Kier alpha value is -2.31. The van der Waals surface area contributed by atoms with Gasteiger partial charge in [0.2, 0.25) is 21.8 Å². The lowest BCUT2D eigenvalue weighted by Gasteiger charge is -2.38. The zero-order chi connectivity index (χ0) is 30.5. The van der Waals surface area contributed by atoms with Crippen LogP contribution < -0.4 is 15.8 Å². The van der Waals surface area contributed by atoms with Gasteiger partial charge in [-0.25, -0.2) is 13.1 Å². The maximum Gasteiger partial charge on any atom is 0.247 e. The predicted octanol–water partition coefficient (Wildman–Crippen LogP) is 4.16. The first-order valence-corrected chi connectivity index (χ1v) is 17.0. The summed E-state index contributed by atoms with van der Waals surface area (Å²) in [5.74, 6) is -0.826. The van der Waals surface area contributed by atoms with E-state index in [1.807, 2.05) is 49.4 Å². The lowest BCUT2D eigenvalue weighted by molar-refractivity contribution is -0.139. The molecule has 42 heavy (non-hydrogen) atoms. The van der Waals surface area contributed by atoms with Crippen molar-refractivity contribution in [1.82, 2.24) is 14.9 Å². The highest BCUT2D eigenvalue weighted by Gasteiger charge is 2.50. The lowest BCUT2D eigenvalue weighted by atomic mass is 9.76. The minimum absolute atomic E-state index is 0.0565. The highest BCUT2D eigenvalue weighted by atomic mass is 79.9. The molecule has 1 spiro atoms. The van der Waals surface area contributed by atoms with E-state index < -0.39 is 33.1 Å². The third kappa shape index (κ3) is 7.42. The van der Waals surface area contributed by atoms with E-state index in [2.05, 4.69) is 26.0 Å². The molecule has 0 radical (unpaired) electrons. The van der Waals surface area contributed by atoms with Crippen LogP contribution in [0.25, 0.3) is 0 Å². The minimum atomic E-state index is -3.82. The monoisotopic (exact) mass is 662 g/mol. The number of allylic oxidation sites excluding steroid dienone is 4. The van der Waals surface area contributed by atoms with Crippen molar-refractivity contribution >= 4 is 37.8 Å². The Bertz CT molecular complexity index is 1360. The molecule has 2 amide bonds. The molecule has 4 N–H and O–H groups in total. The first-order chi connectivity index (χ1) is 19.9. The van der Waals surface area contributed by atoms with Crippen molar-refractivity contribution in [2.75, 3.05) is 19.7 Å². The number of ether oxygens (including phenoxy) is 1. The quantitative estimate of drug-likeness (QED) is 0.326. The maximum absolute atomic E-state index is 14.1. The van der Waals surface area contributed by atoms with Gasteiger partial charge in [-0.2, -0.15) is 0 Å². The molecule has 0 saturated heterocycles. The summed E-state index contributed by atoms with van der Waals surface area (Å²) >= 11 is 3.63. The van der Waals surface area contributed by atoms with Gasteiger partial charge in [0.25, 0.3) is 0 Å². The predicted molar refractivity (Wildman–Crippen MR) is 168 cm³/mol. The van der Waals surface area contributed by atoms with Crippen LogP contribution in [0.4, 0.5) is 0 Å². The normalized spacial score (nSPS) is 20.6. The summed E-state index contributed by atoms with van der Waals surface area (Å²) in [6.07, 6.45) is 9.57. The molecule has 11 heteroatoms. The summed E-state index contributed by atoms with van der Waals surface area (Å²) in [6.45, 7) is 5.66. The number of halogens is 1. The third-order valence-corrected chi connectivity index (χ3v) is 10.6. The second-order valence-electron chi connectivity index (χ2n) is 11.9. The van der Waals surface area contributed by atoms with Crippen LogP contribution in [0.15, 0.2) is 63.0 Å². The van der Waals surface area contributed by atoms with E-state index in [9.17, 15) is 18.0 Å². The Labute approximate surface area is 258 Å². The van der Waals surface area contributed by atoms with Crippen LogP contribution in [0.3, 0.4) is 0 Å². The molecule has 9 nitrogen and oxygen atoms in total. The van der Waals surface area contributed by atoms with E-state index in [4.69, 9.17) is 10.5 Å². The second-order valence-corrected chi connectivity index (χ2v) is 14.5. The van der Waals surface area contributed by atoms with Crippen molar-refractivity contribution in [3.8, 4) is 0 Å². The number of hydrogen-bond donors (Lipinski definition) is 3. The molecule has 1 heterocycles. The van der Waals surface area contributed by atoms with Gasteiger partial charge < -0.3 is 20.7 Å². The molecule has 1 saturated carbocycles. The number of rotatable bonds is 11. The summed E-state index contributed by atoms with van der Waals surface area (Å²) in [6, 6.07) is 8.58. The Kier molecular flexibility index (Phi) is 10.5. The van der Waals surface area contributed by atoms with Gasteiger partial charge in [0.05, 0.1) is 29.2 Å². The van der Waals surface area contributed by atoms with Crippen molar-refractivity contribution in [2.24, 2.45) is 5.73 Å². The molecule has 1 fully saturated rings. The molecule has 0 unspecified atom stereocenters. The number of nitrogens with one attached hydrogen (secondary N) is 2. The van der Waals surface area contributed by atoms with Crippen LogP contribution >= 0.6 is 15.9 Å². The SMILES string of the molecule is CCN(CC1=C(C2=C(Br)CCC=C2)S(=O)(=O)NC12CCCCC2)C(=O)[C@@H](COCc1ccccc1)NC(=O)C(C)(C)N. The largest absolute Gasteiger partial charge is 0.374 e. The maximum atomic E-state index is 14.1. The fraction of sp³-hybridized carbons (Fsp3) is 0.548. The Balaban J connectivity index is 1.68. The molecular formula is C31H43BrN4O5S. The average Bonchev–Trinajstić information content (AvgIpc) is 3.15. The van der Waals surface area contributed by atoms with Gasteiger partial charge in [0.1, 0.15) is 6.04 Å². The lowest BCUT2D eigenvalue weighted by Crippen LogP contribution is -2.58. The summed E-state index contributed by atoms with van der Waals surface area (Å²) in [4.78, 5) is 28.9. The number of nitrogens with zero attached hydrogens (tertiary/aromatic N) is 1. The number of amides is 2. The van der Waals surface area contributed by atoms with E-state index in [1.54, 1.807) is 18.7 Å². The van der Waals surface area contributed by atoms with Gasteiger partial charge in [-0.1, -0.05) is 77.7 Å². The van der Waals surface area contributed by atoms with Crippen LogP contribution in [-0.2, 0) is 31.0 Å². The Morgan fingerprint density at radius 1 is 1.19 bits per heavy atom. The highest BCUT2D eigenvalue weighted by Crippen LogP contribution is 2.46. The first-order valence-electron chi connectivity index (χ1n) is 14.7. The summed E-state index contributed by atoms with van der Waals surface area (Å²) in [5, 5.41) is 2.79. The van der Waals surface area contributed by atoms with E-state index in [0.29, 0.717) is 37.0 Å². The fourth-order valence-corrected chi connectivity index (χ4v) is 8.52. The van der Waals surface area contributed by atoms with E-state index in [1.165, 1.54) is 0 Å². The number of carbonyl (C=O) groups excluding carboxylic acids is 2. The number of likely N-dealkylation sites (N-methyl/N-ethyl adjacent to an activating group) is 1. The molecule has 4 rings (SSSR count). The summed E-state index contributed by atoms with van der Waals surface area (Å²) in [7, 11) is -3.82. The zero-order valence-electron chi connectivity index (χ0n) is 24.7. The molecule has 1 aromatic carbocycles. The molecule has 3 aliphatic rings. The van der Waals surface area contributed by atoms with Crippen molar-refractivity contribution < 1.29 is 22.7 Å². The van der Waals surface area contributed by atoms with E-state index in [-0.39, 0.29) is 30.6 Å². The van der Waals surface area contributed by atoms with Crippen molar-refractivity contribution in [3.05, 3.63) is 68.6 Å². The smallest absolute Gasteiger partial charge is 0.247 e. The number of carbonyl (C=O) groups is 2. The standard InChI is InChI=1S/C31H43BrN4O5S/c1-4-36(28(37)26(34-29(38)30(2,3)33)21-41-20-22-13-7-5-8-14-22)19-24-27(23-15-9-10-16-25(23)32)42(39,40)35-31(24)17-11-6-12-18-31/h5,7-9,13-15,26,35H,4,6,10-12,16-21,33H2,1-3H3,(H,34,38)/t26-/m1/s1. The summed E-state index contributed by atoms with van der Waals surface area (Å²) in [5.41, 5.74) is 6.41. The number of nitrogens with two attached hydrogens (primary N) is 1. The number of benzene rings is 1. The van der Waals surface area contributed by atoms with Gasteiger partial charge in [-0.15, -0.1) is 0 Å². The van der Waals surface area contributed by atoms with Crippen molar-refractivity contribution in [2.45, 2.75) is 89.4 Å². The minimum Gasteiger partial charge on any atom is -0.374 e. The van der Waals surface area contributed by atoms with Crippen LogP contribution in [0, 0.1) is 0 Å². The van der Waals surface area contributed by atoms with Crippen LogP contribution in [0.5, 0.6) is 0 Å². The van der Waals surface area contributed by atoms with Crippen molar-refractivity contribution in [3.63, 3.8) is 0 Å². The Morgan fingerprint density at radius 3 is 2.50 bits per heavy atom. The fourth-order valence-electron chi connectivity index (χ4n) is 5.82. The van der Waals surface area contributed by atoms with E-state index >= 15 is 0 Å². The van der Waals surface area contributed by atoms with Gasteiger partial charge in [-0.05, 0) is 57.6 Å². The molecule has 1 aliphatic heterocycles. The molecule has 230 valence electrons. The molecule has 1 aromatic rings.